The summed E-state index contributed by atoms with van der Waals surface area (Å²) in [5.41, 5.74) is 1.30. The van der Waals surface area contributed by atoms with Gasteiger partial charge >= 0.3 is 5.97 Å². The molecule has 0 aliphatic carbocycles. The van der Waals surface area contributed by atoms with Gasteiger partial charge in [-0.25, -0.2) is 23.2 Å². The van der Waals surface area contributed by atoms with E-state index in [9.17, 15) is 18.4 Å². The molecule has 4 aromatic rings. The fourth-order valence-electron chi connectivity index (χ4n) is 2.86. The molecule has 4 rings (SSSR count). The van der Waals surface area contributed by atoms with Crippen LogP contribution in [0.4, 0.5) is 8.78 Å². The first-order valence-corrected chi connectivity index (χ1v) is 10.1. The number of esters is 1. The second-order valence-electron chi connectivity index (χ2n) is 6.66. The second kappa shape index (κ2) is 9.19. The number of aromatic nitrogens is 3. The molecule has 0 fully saturated rings. The minimum absolute atomic E-state index is 0.225. The van der Waals surface area contributed by atoms with Gasteiger partial charge in [-0.1, -0.05) is 28.1 Å². The zero-order valence-electron chi connectivity index (χ0n) is 16.3. The van der Waals surface area contributed by atoms with E-state index >= 15 is 0 Å². The Morgan fingerprint density at radius 2 is 1.47 bits per heavy atom. The van der Waals surface area contributed by atoms with Crippen molar-refractivity contribution >= 4 is 27.7 Å². The summed E-state index contributed by atoms with van der Waals surface area (Å²) in [6.07, 6.45) is 0. The number of benzene rings is 3. The van der Waals surface area contributed by atoms with Crippen LogP contribution < -0.4 is 0 Å². The zero-order valence-corrected chi connectivity index (χ0v) is 17.9. The summed E-state index contributed by atoms with van der Waals surface area (Å²) in [7, 11) is 0. The van der Waals surface area contributed by atoms with E-state index in [-0.39, 0.29) is 17.4 Å². The van der Waals surface area contributed by atoms with Gasteiger partial charge in [0, 0.05) is 15.6 Å². The van der Waals surface area contributed by atoms with Crippen LogP contribution in [0.3, 0.4) is 0 Å². The number of ketones is 1. The largest absolute Gasteiger partial charge is 0.451 e. The lowest BCUT2D eigenvalue weighted by Gasteiger charge is -2.05. The third-order valence-electron chi connectivity index (χ3n) is 4.46. The highest BCUT2D eigenvalue weighted by molar-refractivity contribution is 9.10. The van der Waals surface area contributed by atoms with E-state index in [1.165, 1.54) is 53.2 Å². The van der Waals surface area contributed by atoms with E-state index in [4.69, 9.17) is 4.74 Å². The van der Waals surface area contributed by atoms with Gasteiger partial charge in [-0.15, -0.1) is 5.10 Å². The molecule has 32 heavy (non-hydrogen) atoms. The standard InChI is InChI=1S/C23H14BrF2N3O3/c24-16-5-1-14(2-6-16)20(30)13-32-23(31)21-27-22(15-3-7-17(25)8-4-15)29(28-21)19-11-9-18(26)10-12-19/h1-12H,13H2. The minimum atomic E-state index is -0.903. The Morgan fingerprint density at radius 1 is 0.875 bits per heavy atom. The Hall–Kier alpha value is -3.72. The van der Waals surface area contributed by atoms with Crippen LogP contribution in [-0.2, 0) is 4.74 Å². The van der Waals surface area contributed by atoms with Gasteiger partial charge in [0.05, 0.1) is 5.69 Å². The Bertz CT molecular complexity index is 1210. The normalized spacial score (nSPS) is 10.7. The predicted octanol–water partition coefficient (Wildman–Crippen LogP) is 5.01. The van der Waals surface area contributed by atoms with Crippen molar-refractivity contribution in [3.05, 3.63) is 100 Å². The fourth-order valence-corrected chi connectivity index (χ4v) is 3.13. The predicted molar refractivity (Wildman–Crippen MR) is 115 cm³/mol. The van der Waals surface area contributed by atoms with Gasteiger partial charge in [-0.2, -0.15) is 0 Å². The maximum Gasteiger partial charge on any atom is 0.378 e. The highest BCUT2D eigenvalue weighted by Gasteiger charge is 2.21. The Morgan fingerprint density at radius 3 is 2.09 bits per heavy atom. The highest BCUT2D eigenvalue weighted by atomic mass is 79.9. The molecule has 6 nitrogen and oxygen atoms in total. The summed E-state index contributed by atoms with van der Waals surface area (Å²) in [5, 5.41) is 4.17. The van der Waals surface area contributed by atoms with Gasteiger partial charge in [0.15, 0.2) is 18.2 Å². The van der Waals surface area contributed by atoms with Gasteiger partial charge in [0.2, 0.25) is 0 Å². The molecule has 0 spiro atoms. The SMILES string of the molecule is O=C(COC(=O)c1nc(-c2ccc(F)cc2)n(-c2ccc(F)cc2)n1)c1ccc(Br)cc1. The summed E-state index contributed by atoms with van der Waals surface area (Å²) >= 11 is 3.29. The van der Waals surface area contributed by atoms with E-state index in [0.717, 1.165) is 4.47 Å². The minimum Gasteiger partial charge on any atom is -0.451 e. The van der Waals surface area contributed by atoms with Crippen LogP contribution >= 0.6 is 15.9 Å². The molecule has 0 N–H and O–H groups in total. The second-order valence-corrected chi connectivity index (χ2v) is 7.58. The molecule has 9 heteroatoms. The molecule has 0 aliphatic rings. The van der Waals surface area contributed by atoms with Crippen LogP contribution in [0.25, 0.3) is 17.1 Å². The van der Waals surface area contributed by atoms with Crippen molar-refractivity contribution in [3.63, 3.8) is 0 Å². The Balaban J connectivity index is 1.60. The smallest absolute Gasteiger partial charge is 0.378 e. The van der Waals surface area contributed by atoms with E-state index in [1.54, 1.807) is 24.3 Å². The first-order valence-electron chi connectivity index (χ1n) is 9.35. The number of carbonyl (C=O) groups is 2. The van der Waals surface area contributed by atoms with Crippen molar-refractivity contribution in [2.45, 2.75) is 0 Å². The monoisotopic (exact) mass is 497 g/mol. The van der Waals surface area contributed by atoms with Gasteiger partial charge in [-0.3, -0.25) is 4.79 Å². The summed E-state index contributed by atoms with van der Waals surface area (Å²) < 4.78 is 33.9. The molecular formula is C23H14BrF2N3O3. The Labute approximate surface area is 189 Å². The molecule has 0 aliphatic heterocycles. The lowest BCUT2D eigenvalue weighted by atomic mass is 10.1. The van der Waals surface area contributed by atoms with Crippen molar-refractivity contribution in [2.75, 3.05) is 6.61 Å². The van der Waals surface area contributed by atoms with Crippen molar-refractivity contribution in [2.24, 2.45) is 0 Å². The number of hydrogen-bond acceptors (Lipinski definition) is 5. The molecule has 0 saturated carbocycles. The zero-order chi connectivity index (χ0) is 22.7. The van der Waals surface area contributed by atoms with Crippen LogP contribution in [0.5, 0.6) is 0 Å². The van der Waals surface area contributed by atoms with E-state index < -0.39 is 24.2 Å². The van der Waals surface area contributed by atoms with E-state index in [1.807, 2.05) is 0 Å². The summed E-state index contributed by atoms with van der Waals surface area (Å²) in [6.45, 7) is -0.489. The maximum atomic E-state index is 13.3. The van der Waals surface area contributed by atoms with Gasteiger partial charge in [-0.05, 0) is 60.7 Å². The van der Waals surface area contributed by atoms with E-state index in [2.05, 4.69) is 26.0 Å². The molecule has 0 saturated heterocycles. The van der Waals surface area contributed by atoms with Crippen molar-refractivity contribution in [1.82, 2.24) is 14.8 Å². The highest BCUT2D eigenvalue weighted by Crippen LogP contribution is 2.22. The lowest BCUT2D eigenvalue weighted by Crippen LogP contribution is -2.15. The fraction of sp³-hybridized carbons (Fsp3) is 0.0435. The average molecular weight is 498 g/mol. The third kappa shape index (κ3) is 4.78. The average Bonchev–Trinajstić information content (AvgIpc) is 3.24. The number of Topliss-reactive ketones (excluding diaryl/α,β-unsaturated/α-hetero) is 1. The molecular weight excluding hydrogens is 484 g/mol. The molecule has 160 valence electrons. The molecule has 1 aromatic heterocycles. The third-order valence-corrected chi connectivity index (χ3v) is 4.99. The summed E-state index contributed by atoms with van der Waals surface area (Å²) in [4.78, 5) is 29.0. The topological polar surface area (TPSA) is 74.1 Å². The number of hydrogen-bond donors (Lipinski definition) is 0. The van der Waals surface area contributed by atoms with Gasteiger partial charge < -0.3 is 4.74 Å². The van der Waals surface area contributed by atoms with Crippen LogP contribution in [0.15, 0.2) is 77.3 Å². The number of halogens is 3. The van der Waals surface area contributed by atoms with E-state index in [0.29, 0.717) is 16.8 Å². The van der Waals surface area contributed by atoms with Crippen LogP contribution in [0, 0.1) is 11.6 Å². The lowest BCUT2D eigenvalue weighted by molar-refractivity contribution is 0.0462. The first kappa shape index (κ1) is 21.5. The van der Waals surface area contributed by atoms with Crippen LogP contribution in [0.1, 0.15) is 21.0 Å². The first-order chi connectivity index (χ1) is 15.4. The maximum absolute atomic E-state index is 13.3. The number of nitrogens with zero attached hydrogens (tertiary/aromatic N) is 3. The molecule has 1 heterocycles. The van der Waals surface area contributed by atoms with Crippen molar-refractivity contribution in [1.29, 1.82) is 0 Å². The molecule has 3 aromatic carbocycles. The molecule has 0 amide bonds. The molecule has 0 bridgehead atoms. The quantitative estimate of drug-likeness (QED) is 0.276. The van der Waals surface area contributed by atoms with Gasteiger partial charge in [0.1, 0.15) is 11.6 Å². The van der Waals surface area contributed by atoms with Crippen molar-refractivity contribution in [3.8, 4) is 17.1 Å². The van der Waals surface area contributed by atoms with Gasteiger partial charge in [0.25, 0.3) is 5.82 Å². The van der Waals surface area contributed by atoms with Crippen LogP contribution in [-0.4, -0.2) is 33.1 Å². The number of carbonyl (C=O) groups excluding carboxylic acids is 2. The number of rotatable bonds is 6. The molecule has 0 unspecified atom stereocenters. The summed E-state index contributed by atoms with van der Waals surface area (Å²) in [5.74, 6) is -2.24. The van der Waals surface area contributed by atoms with Crippen molar-refractivity contribution < 1.29 is 23.1 Å². The van der Waals surface area contributed by atoms with Crippen LogP contribution in [0.2, 0.25) is 0 Å². The summed E-state index contributed by atoms with van der Waals surface area (Å²) in [6, 6.07) is 17.5. The number of ether oxygens (including phenoxy) is 1. The Kier molecular flexibility index (Phi) is 6.18. The molecule has 0 atom stereocenters. The molecule has 0 radical (unpaired) electrons.